The molecule has 2 fully saturated rings. The molecule has 0 spiro atoms. The molecule has 0 aromatic carbocycles. The molecule has 1 aliphatic heterocycles. The fraction of sp³-hybridized carbons (Fsp3) is 0.773. The predicted octanol–water partition coefficient (Wildman–Crippen LogP) is 3.85. The van der Waals surface area contributed by atoms with Gasteiger partial charge in [0.15, 0.2) is 0 Å². The summed E-state index contributed by atoms with van der Waals surface area (Å²) >= 11 is 1.91. The Morgan fingerprint density at radius 1 is 1.19 bits per heavy atom. The van der Waals surface area contributed by atoms with Crippen LogP contribution in [0, 0.1) is 18.8 Å². The third-order valence-corrected chi connectivity index (χ3v) is 7.43. The van der Waals surface area contributed by atoms with Crippen LogP contribution in [0.25, 0.3) is 0 Å². The summed E-state index contributed by atoms with van der Waals surface area (Å²) < 4.78 is 0. The third-order valence-electron chi connectivity index (χ3n) is 6.45. The first kappa shape index (κ1) is 20.8. The number of aryl methyl sites for hydroxylation is 1. The van der Waals surface area contributed by atoms with Gasteiger partial charge in [-0.25, -0.2) is 0 Å². The van der Waals surface area contributed by atoms with Crippen LogP contribution in [0.5, 0.6) is 0 Å². The van der Waals surface area contributed by atoms with E-state index in [2.05, 4.69) is 42.8 Å². The number of amides is 1. The number of rotatable bonds is 7. The topological polar surface area (TPSA) is 26.8 Å². The Balaban J connectivity index is 1.38. The van der Waals surface area contributed by atoms with Crippen LogP contribution in [0.3, 0.4) is 0 Å². The lowest BCUT2D eigenvalue weighted by Gasteiger charge is -2.34. The minimum atomic E-state index is 0.293. The number of likely N-dealkylation sites (tertiary alicyclic amines) is 1. The molecule has 1 aromatic rings. The SMILES string of the molecule is Cc1ccc(CN2CCC(CN(C)CC(=O)N(C)C3CCC(C)CC3)C2)s1. The highest BCUT2D eigenvalue weighted by Gasteiger charge is 2.27. The summed E-state index contributed by atoms with van der Waals surface area (Å²) in [5, 5.41) is 0. The fourth-order valence-electron chi connectivity index (χ4n) is 4.68. The van der Waals surface area contributed by atoms with Crippen molar-refractivity contribution < 1.29 is 4.79 Å². The molecule has 2 aliphatic rings. The van der Waals surface area contributed by atoms with Crippen LogP contribution in [0.15, 0.2) is 12.1 Å². The highest BCUT2D eigenvalue weighted by molar-refractivity contribution is 7.11. The van der Waals surface area contributed by atoms with Gasteiger partial charge >= 0.3 is 0 Å². The Labute approximate surface area is 169 Å². The van der Waals surface area contributed by atoms with Crippen molar-refractivity contribution in [3.63, 3.8) is 0 Å². The van der Waals surface area contributed by atoms with Crippen LogP contribution in [0.1, 0.15) is 48.8 Å². The van der Waals surface area contributed by atoms with Gasteiger partial charge in [-0.2, -0.15) is 0 Å². The van der Waals surface area contributed by atoms with E-state index < -0.39 is 0 Å². The molecule has 0 bridgehead atoms. The molecule has 3 rings (SSSR count). The van der Waals surface area contributed by atoms with E-state index in [0.717, 1.165) is 25.6 Å². The molecule has 1 aliphatic carbocycles. The normalized spacial score (nSPS) is 26.6. The molecule has 4 nitrogen and oxygen atoms in total. The first-order valence-electron chi connectivity index (χ1n) is 10.6. The van der Waals surface area contributed by atoms with Crippen LogP contribution in [0.2, 0.25) is 0 Å². The largest absolute Gasteiger partial charge is 0.342 e. The van der Waals surface area contributed by atoms with E-state index in [-0.39, 0.29) is 0 Å². The average molecular weight is 392 g/mol. The molecule has 1 saturated heterocycles. The van der Waals surface area contributed by atoms with E-state index in [0.29, 0.717) is 24.4 Å². The van der Waals surface area contributed by atoms with Crippen molar-refractivity contribution in [3.05, 3.63) is 21.9 Å². The molecule has 5 heteroatoms. The lowest BCUT2D eigenvalue weighted by molar-refractivity contribution is -0.133. The van der Waals surface area contributed by atoms with Crippen LogP contribution < -0.4 is 0 Å². The minimum absolute atomic E-state index is 0.293. The van der Waals surface area contributed by atoms with Crippen molar-refractivity contribution in [2.24, 2.45) is 11.8 Å². The number of hydrogen-bond acceptors (Lipinski definition) is 4. The second kappa shape index (κ2) is 9.53. The first-order chi connectivity index (χ1) is 12.9. The van der Waals surface area contributed by atoms with Gasteiger partial charge in [0.05, 0.1) is 6.54 Å². The zero-order valence-electron chi connectivity index (χ0n) is 17.6. The molecular formula is C22H37N3OS. The van der Waals surface area contributed by atoms with E-state index in [9.17, 15) is 4.79 Å². The number of likely N-dealkylation sites (N-methyl/N-ethyl adjacent to an activating group) is 2. The smallest absolute Gasteiger partial charge is 0.236 e. The molecule has 1 saturated carbocycles. The van der Waals surface area contributed by atoms with Crippen LogP contribution >= 0.6 is 11.3 Å². The number of carbonyl (C=O) groups excluding carboxylic acids is 1. The summed E-state index contributed by atoms with van der Waals surface area (Å²) in [6.07, 6.45) is 6.12. The van der Waals surface area contributed by atoms with Crippen molar-refractivity contribution >= 4 is 17.2 Å². The maximum atomic E-state index is 12.7. The number of hydrogen-bond donors (Lipinski definition) is 0. The van der Waals surface area contributed by atoms with Gasteiger partial charge in [0.2, 0.25) is 5.91 Å². The van der Waals surface area contributed by atoms with Gasteiger partial charge in [-0.15, -0.1) is 11.3 Å². The maximum absolute atomic E-state index is 12.7. The molecule has 1 amide bonds. The Hall–Kier alpha value is -0.910. The summed E-state index contributed by atoms with van der Waals surface area (Å²) in [6, 6.07) is 4.94. The summed E-state index contributed by atoms with van der Waals surface area (Å²) in [7, 11) is 4.12. The Morgan fingerprint density at radius 3 is 2.59 bits per heavy atom. The number of nitrogens with zero attached hydrogens (tertiary/aromatic N) is 3. The van der Waals surface area contributed by atoms with Crippen molar-refractivity contribution in [2.45, 2.75) is 58.5 Å². The third kappa shape index (κ3) is 6.03. The van der Waals surface area contributed by atoms with Crippen molar-refractivity contribution in [3.8, 4) is 0 Å². The molecule has 1 aromatic heterocycles. The Kier molecular flexibility index (Phi) is 7.35. The Morgan fingerprint density at radius 2 is 1.93 bits per heavy atom. The predicted molar refractivity (Wildman–Crippen MR) is 114 cm³/mol. The number of thiophene rings is 1. The van der Waals surface area contributed by atoms with Crippen molar-refractivity contribution in [2.75, 3.05) is 40.3 Å². The first-order valence-corrected chi connectivity index (χ1v) is 11.4. The highest BCUT2D eigenvalue weighted by Crippen LogP contribution is 2.27. The van der Waals surface area contributed by atoms with E-state index in [1.165, 1.54) is 48.4 Å². The van der Waals surface area contributed by atoms with Gasteiger partial charge in [0.1, 0.15) is 0 Å². The van der Waals surface area contributed by atoms with E-state index in [1.807, 2.05) is 23.3 Å². The van der Waals surface area contributed by atoms with Gasteiger partial charge in [-0.1, -0.05) is 6.92 Å². The second-order valence-electron chi connectivity index (χ2n) is 9.02. The van der Waals surface area contributed by atoms with Gasteiger partial charge < -0.3 is 4.90 Å². The summed E-state index contributed by atoms with van der Waals surface area (Å²) in [5.41, 5.74) is 0. The van der Waals surface area contributed by atoms with Crippen LogP contribution in [-0.4, -0.2) is 66.9 Å². The fourth-order valence-corrected chi connectivity index (χ4v) is 5.61. The number of carbonyl (C=O) groups is 1. The average Bonchev–Trinajstić information content (AvgIpc) is 3.23. The van der Waals surface area contributed by atoms with Gasteiger partial charge in [0, 0.05) is 42.5 Å². The summed E-state index contributed by atoms with van der Waals surface area (Å²) in [6.45, 7) is 9.52. The lowest BCUT2D eigenvalue weighted by Crippen LogP contribution is -2.44. The van der Waals surface area contributed by atoms with E-state index in [4.69, 9.17) is 0 Å². The van der Waals surface area contributed by atoms with Gasteiger partial charge in [-0.05, 0) is 76.6 Å². The van der Waals surface area contributed by atoms with Crippen molar-refractivity contribution in [1.29, 1.82) is 0 Å². The summed E-state index contributed by atoms with van der Waals surface area (Å²) in [4.78, 5) is 22.4. The Bertz CT molecular complexity index is 608. The van der Waals surface area contributed by atoms with E-state index >= 15 is 0 Å². The van der Waals surface area contributed by atoms with Crippen LogP contribution in [-0.2, 0) is 11.3 Å². The lowest BCUT2D eigenvalue weighted by atomic mass is 9.87. The molecule has 2 heterocycles. The molecule has 1 unspecified atom stereocenters. The van der Waals surface area contributed by atoms with E-state index in [1.54, 1.807) is 0 Å². The second-order valence-corrected chi connectivity index (χ2v) is 10.4. The van der Waals surface area contributed by atoms with Gasteiger partial charge in [0.25, 0.3) is 0 Å². The van der Waals surface area contributed by atoms with Crippen LogP contribution in [0.4, 0.5) is 0 Å². The zero-order valence-corrected chi connectivity index (χ0v) is 18.4. The molecular weight excluding hydrogens is 354 g/mol. The zero-order chi connectivity index (χ0) is 19.4. The summed E-state index contributed by atoms with van der Waals surface area (Å²) in [5.74, 6) is 1.81. The molecule has 0 N–H and O–H groups in total. The molecule has 152 valence electrons. The molecule has 27 heavy (non-hydrogen) atoms. The monoisotopic (exact) mass is 391 g/mol. The van der Waals surface area contributed by atoms with Gasteiger partial charge in [-0.3, -0.25) is 14.6 Å². The maximum Gasteiger partial charge on any atom is 0.236 e. The quantitative estimate of drug-likeness (QED) is 0.706. The minimum Gasteiger partial charge on any atom is -0.342 e. The standard InChI is InChI=1S/C22H37N3OS/c1-17-5-8-20(9-6-17)24(4)22(26)16-23(3)13-19-11-12-25(14-19)15-21-10-7-18(2)27-21/h7,10,17,19-20H,5-6,8-9,11-16H2,1-4H3. The van der Waals surface area contributed by atoms with Crippen molar-refractivity contribution in [1.82, 2.24) is 14.7 Å². The highest BCUT2D eigenvalue weighted by atomic mass is 32.1. The molecule has 0 radical (unpaired) electrons. The molecule has 1 atom stereocenters.